The van der Waals surface area contributed by atoms with E-state index in [1.807, 2.05) is 25.1 Å². The molecule has 1 fully saturated rings. The first-order valence-electron chi connectivity index (χ1n) is 7.71. The molecule has 0 radical (unpaired) electrons. The molecular formula is C17H16N2O3S2. The summed E-state index contributed by atoms with van der Waals surface area (Å²) in [5.41, 5.74) is 0.353. The molecule has 2 aromatic heterocycles. The number of morpholine rings is 1. The van der Waals surface area contributed by atoms with Gasteiger partial charge in [-0.15, -0.1) is 22.7 Å². The minimum absolute atomic E-state index is 0.353. The molecule has 0 bridgehead atoms. The molecule has 124 valence electrons. The highest BCUT2D eigenvalue weighted by molar-refractivity contribution is 7.17. The molecule has 0 amide bonds. The molecular weight excluding hydrogens is 344 g/mol. The van der Waals surface area contributed by atoms with Crippen LogP contribution in [-0.4, -0.2) is 38.2 Å². The highest BCUT2D eigenvalue weighted by atomic mass is 32.1. The molecule has 0 aliphatic carbocycles. The smallest absolute Gasteiger partial charge is 0.363 e. The highest BCUT2D eigenvalue weighted by Crippen LogP contribution is 2.30. The Hall–Kier alpha value is -1.96. The fourth-order valence-electron chi connectivity index (χ4n) is 2.57. The second kappa shape index (κ2) is 6.51. The van der Waals surface area contributed by atoms with Gasteiger partial charge in [-0.25, -0.2) is 9.79 Å². The van der Waals surface area contributed by atoms with E-state index in [1.165, 1.54) is 5.00 Å². The number of esters is 1. The Bertz CT molecular complexity index is 829. The maximum Gasteiger partial charge on any atom is 0.363 e. The minimum atomic E-state index is -0.391. The fraction of sp³-hybridized carbons (Fsp3) is 0.294. The van der Waals surface area contributed by atoms with E-state index in [0.717, 1.165) is 40.9 Å². The molecule has 4 rings (SSSR count). The van der Waals surface area contributed by atoms with Gasteiger partial charge in [0.25, 0.3) is 0 Å². The van der Waals surface area contributed by atoms with Crippen LogP contribution in [0.5, 0.6) is 0 Å². The summed E-state index contributed by atoms with van der Waals surface area (Å²) in [7, 11) is 0. The van der Waals surface area contributed by atoms with Gasteiger partial charge in [-0.05, 0) is 37.3 Å². The number of rotatable bonds is 3. The van der Waals surface area contributed by atoms with Crippen LogP contribution in [0.15, 0.2) is 35.0 Å². The predicted octanol–water partition coefficient (Wildman–Crippen LogP) is 3.30. The Morgan fingerprint density at radius 2 is 2.00 bits per heavy atom. The summed E-state index contributed by atoms with van der Waals surface area (Å²) >= 11 is 3.22. The molecule has 4 heterocycles. The van der Waals surface area contributed by atoms with Gasteiger partial charge in [0, 0.05) is 22.8 Å². The van der Waals surface area contributed by atoms with Gasteiger partial charge < -0.3 is 14.4 Å². The molecule has 2 aliphatic rings. The maximum atomic E-state index is 12.1. The van der Waals surface area contributed by atoms with Crippen LogP contribution in [0.2, 0.25) is 0 Å². The Morgan fingerprint density at radius 3 is 2.75 bits per heavy atom. The summed E-state index contributed by atoms with van der Waals surface area (Å²) in [4.78, 5) is 21.7. The van der Waals surface area contributed by atoms with Gasteiger partial charge in [-0.2, -0.15) is 0 Å². The van der Waals surface area contributed by atoms with Crippen molar-refractivity contribution in [1.82, 2.24) is 0 Å². The van der Waals surface area contributed by atoms with E-state index in [4.69, 9.17) is 9.47 Å². The zero-order chi connectivity index (χ0) is 16.5. The van der Waals surface area contributed by atoms with Crippen molar-refractivity contribution < 1.29 is 14.3 Å². The van der Waals surface area contributed by atoms with E-state index >= 15 is 0 Å². The molecule has 24 heavy (non-hydrogen) atoms. The molecule has 0 atom stereocenters. The second-order valence-corrected chi connectivity index (χ2v) is 7.90. The van der Waals surface area contributed by atoms with E-state index in [9.17, 15) is 4.79 Å². The van der Waals surface area contributed by atoms with Crippen LogP contribution in [0.25, 0.3) is 6.08 Å². The zero-order valence-electron chi connectivity index (χ0n) is 13.2. The third-order valence-electron chi connectivity index (χ3n) is 3.79. The third-order valence-corrected chi connectivity index (χ3v) is 5.87. The van der Waals surface area contributed by atoms with Gasteiger partial charge in [-0.3, -0.25) is 0 Å². The Labute approximate surface area is 147 Å². The molecule has 0 saturated carbocycles. The SMILES string of the molecule is Cc1ccc(C2=NC(=Cc3ccc(N4CCOCC4)s3)C(=O)O2)s1. The minimum Gasteiger partial charge on any atom is -0.401 e. The van der Waals surface area contributed by atoms with Crippen molar-refractivity contribution in [2.24, 2.45) is 4.99 Å². The first-order valence-corrected chi connectivity index (χ1v) is 9.34. The lowest BCUT2D eigenvalue weighted by atomic mass is 10.3. The van der Waals surface area contributed by atoms with Gasteiger partial charge >= 0.3 is 5.97 Å². The van der Waals surface area contributed by atoms with Gasteiger partial charge in [0.05, 0.1) is 23.1 Å². The van der Waals surface area contributed by atoms with Gasteiger partial charge in [0.1, 0.15) is 0 Å². The Kier molecular flexibility index (Phi) is 4.22. The summed E-state index contributed by atoms with van der Waals surface area (Å²) in [6.07, 6.45) is 1.80. The number of anilines is 1. The highest BCUT2D eigenvalue weighted by Gasteiger charge is 2.25. The van der Waals surface area contributed by atoms with E-state index < -0.39 is 5.97 Å². The predicted molar refractivity (Wildman–Crippen MR) is 97.0 cm³/mol. The number of cyclic esters (lactones) is 1. The fourth-order valence-corrected chi connectivity index (χ4v) is 4.36. The van der Waals surface area contributed by atoms with Crippen molar-refractivity contribution in [2.45, 2.75) is 6.92 Å². The number of thiophene rings is 2. The van der Waals surface area contributed by atoms with Crippen molar-refractivity contribution in [3.63, 3.8) is 0 Å². The maximum absolute atomic E-state index is 12.1. The van der Waals surface area contributed by atoms with Crippen molar-refractivity contribution in [3.05, 3.63) is 44.6 Å². The lowest BCUT2D eigenvalue weighted by Crippen LogP contribution is -2.35. The van der Waals surface area contributed by atoms with E-state index in [0.29, 0.717) is 11.6 Å². The first-order chi connectivity index (χ1) is 11.7. The molecule has 5 nitrogen and oxygen atoms in total. The average Bonchev–Trinajstić information content (AvgIpc) is 3.30. The Morgan fingerprint density at radius 1 is 1.17 bits per heavy atom. The van der Waals surface area contributed by atoms with Crippen LogP contribution >= 0.6 is 22.7 Å². The van der Waals surface area contributed by atoms with Crippen molar-refractivity contribution in [2.75, 3.05) is 31.2 Å². The van der Waals surface area contributed by atoms with E-state index in [1.54, 1.807) is 28.7 Å². The van der Waals surface area contributed by atoms with E-state index in [-0.39, 0.29) is 0 Å². The topological polar surface area (TPSA) is 51.1 Å². The van der Waals surface area contributed by atoms with Crippen molar-refractivity contribution in [1.29, 1.82) is 0 Å². The number of aliphatic imine (C=N–C) groups is 1. The molecule has 2 aromatic rings. The number of hydrogen-bond acceptors (Lipinski definition) is 7. The van der Waals surface area contributed by atoms with Crippen LogP contribution < -0.4 is 4.90 Å². The lowest BCUT2D eigenvalue weighted by Gasteiger charge is -2.27. The molecule has 0 unspecified atom stereocenters. The van der Waals surface area contributed by atoms with Crippen LogP contribution in [0.1, 0.15) is 14.6 Å². The average molecular weight is 360 g/mol. The molecule has 0 N–H and O–H groups in total. The third kappa shape index (κ3) is 3.15. The second-order valence-electron chi connectivity index (χ2n) is 5.52. The summed E-state index contributed by atoms with van der Waals surface area (Å²) in [6.45, 7) is 5.33. The summed E-state index contributed by atoms with van der Waals surface area (Å²) in [5.74, 6) is 0.00619. The number of ether oxygens (including phenoxy) is 2. The standard InChI is InChI=1S/C17H16N2O3S2/c1-11-2-4-14(23-11)16-18-13(17(20)22-16)10-12-3-5-15(24-12)19-6-8-21-9-7-19/h2-5,10H,6-9H2,1H3. The molecule has 0 aromatic carbocycles. The molecule has 1 saturated heterocycles. The molecule has 0 spiro atoms. The Balaban J connectivity index is 1.55. The van der Waals surface area contributed by atoms with Crippen LogP contribution in [0.4, 0.5) is 5.00 Å². The van der Waals surface area contributed by atoms with Gasteiger partial charge in [0.2, 0.25) is 5.90 Å². The quantitative estimate of drug-likeness (QED) is 0.622. The number of carbonyl (C=O) groups is 1. The first kappa shape index (κ1) is 15.6. The normalized spacial score (nSPS) is 19.7. The molecule has 2 aliphatic heterocycles. The zero-order valence-corrected chi connectivity index (χ0v) is 14.8. The lowest BCUT2D eigenvalue weighted by molar-refractivity contribution is -0.129. The monoisotopic (exact) mass is 360 g/mol. The number of carbonyl (C=O) groups excluding carboxylic acids is 1. The van der Waals surface area contributed by atoms with Crippen LogP contribution in [0, 0.1) is 6.92 Å². The van der Waals surface area contributed by atoms with Crippen molar-refractivity contribution in [3.8, 4) is 0 Å². The van der Waals surface area contributed by atoms with Gasteiger partial charge in [0.15, 0.2) is 5.70 Å². The van der Waals surface area contributed by atoms with Gasteiger partial charge in [-0.1, -0.05) is 0 Å². The largest absolute Gasteiger partial charge is 0.401 e. The number of aryl methyl sites for hydroxylation is 1. The number of hydrogen-bond donors (Lipinski definition) is 0. The van der Waals surface area contributed by atoms with Crippen LogP contribution in [0.3, 0.4) is 0 Å². The summed E-state index contributed by atoms with van der Waals surface area (Å²) < 4.78 is 10.7. The summed E-state index contributed by atoms with van der Waals surface area (Å²) in [5, 5.41) is 1.19. The number of nitrogens with zero attached hydrogens (tertiary/aromatic N) is 2. The summed E-state index contributed by atoms with van der Waals surface area (Å²) in [6, 6.07) is 8.01. The molecule has 7 heteroatoms. The van der Waals surface area contributed by atoms with Crippen molar-refractivity contribution >= 4 is 45.6 Å². The van der Waals surface area contributed by atoms with E-state index in [2.05, 4.69) is 16.0 Å². The van der Waals surface area contributed by atoms with Crippen LogP contribution in [-0.2, 0) is 14.3 Å².